The van der Waals surface area contributed by atoms with Crippen molar-refractivity contribution in [2.45, 2.75) is 45.5 Å². The van der Waals surface area contributed by atoms with Gasteiger partial charge >= 0.3 is 12.1 Å². The number of benzene rings is 1. The number of rotatable bonds is 10. The highest BCUT2D eigenvalue weighted by molar-refractivity contribution is 5.91. The van der Waals surface area contributed by atoms with E-state index in [2.05, 4.69) is 19.2 Å². The quantitative estimate of drug-likeness (QED) is 0.504. The molecule has 1 saturated carbocycles. The molecule has 2 bridgehead atoms. The standard InChI is InChI=1S/C26H39N3O6/c1-17(2)10-13-29(26(31)28(3)19-6-8-20(32-4)9-7-19)12-5-11-27-25(30)35-23-18-14-21-22(23)16-34-24(21)33-15-18/h6-9,17-18,21-24H,5,10-16H2,1-4H3,(H,27,30). The van der Waals surface area contributed by atoms with Gasteiger partial charge in [0.1, 0.15) is 11.9 Å². The SMILES string of the molecule is COc1ccc(N(C)C(=O)N(CCCNC(=O)OC2C3COC4OCC2C4C3)CCC(C)C)cc1. The van der Waals surface area contributed by atoms with Crippen molar-refractivity contribution in [1.29, 1.82) is 0 Å². The zero-order chi connectivity index (χ0) is 24.9. The lowest BCUT2D eigenvalue weighted by Gasteiger charge is -2.29. The topological polar surface area (TPSA) is 89.6 Å². The number of anilines is 1. The lowest BCUT2D eigenvalue weighted by atomic mass is 9.98. The van der Waals surface area contributed by atoms with Gasteiger partial charge in [-0.2, -0.15) is 0 Å². The lowest BCUT2D eigenvalue weighted by molar-refractivity contribution is -0.169. The Morgan fingerprint density at radius 3 is 2.57 bits per heavy atom. The number of nitrogens with zero attached hydrogens (tertiary/aromatic N) is 2. The van der Waals surface area contributed by atoms with Gasteiger partial charge in [-0.15, -0.1) is 0 Å². The molecule has 0 aromatic heterocycles. The van der Waals surface area contributed by atoms with Crippen LogP contribution in [0.4, 0.5) is 15.3 Å². The van der Waals surface area contributed by atoms with E-state index in [4.69, 9.17) is 18.9 Å². The number of nitrogens with one attached hydrogen (secondary N) is 1. The largest absolute Gasteiger partial charge is 0.497 e. The van der Waals surface area contributed by atoms with Crippen molar-refractivity contribution in [3.63, 3.8) is 0 Å². The van der Waals surface area contributed by atoms with Crippen molar-refractivity contribution >= 4 is 17.8 Å². The highest BCUT2D eigenvalue weighted by Gasteiger charge is 2.56. The fourth-order valence-corrected chi connectivity index (χ4v) is 5.32. The van der Waals surface area contributed by atoms with Crippen molar-refractivity contribution in [3.05, 3.63) is 24.3 Å². The third-order valence-corrected chi connectivity index (χ3v) is 7.40. The molecule has 1 aromatic rings. The second kappa shape index (κ2) is 11.5. The van der Waals surface area contributed by atoms with Crippen LogP contribution in [0.5, 0.6) is 5.75 Å². The Labute approximate surface area is 208 Å². The Morgan fingerprint density at radius 1 is 1.11 bits per heavy atom. The average Bonchev–Trinajstić information content (AvgIpc) is 3.39. The Kier molecular flexibility index (Phi) is 8.38. The lowest BCUT2D eigenvalue weighted by Crippen LogP contribution is -2.43. The van der Waals surface area contributed by atoms with E-state index < -0.39 is 6.09 Å². The zero-order valence-corrected chi connectivity index (χ0v) is 21.3. The molecule has 0 spiro atoms. The van der Waals surface area contributed by atoms with Crippen LogP contribution in [0, 0.1) is 23.7 Å². The van der Waals surface area contributed by atoms with Crippen LogP contribution in [0.2, 0.25) is 0 Å². The van der Waals surface area contributed by atoms with E-state index in [1.807, 2.05) is 29.2 Å². The van der Waals surface area contributed by atoms with Gasteiger partial charge in [0, 0.05) is 50.1 Å². The van der Waals surface area contributed by atoms with E-state index in [0.717, 1.165) is 24.3 Å². The smallest absolute Gasteiger partial charge is 0.407 e. The Balaban J connectivity index is 1.25. The summed E-state index contributed by atoms with van der Waals surface area (Å²) in [6.45, 7) is 7.13. The number of amides is 3. The van der Waals surface area contributed by atoms with Gasteiger partial charge in [0.2, 0.25) is 0 Å². The molecule has 2 heterocycles. The molecule has 2 saturated heterocycles. The minimum atomic E-state index is -0.401. The van der Waals surface area contributed by atoms with Crippen LogP contribution in [-0.2, 0) is 14.2 Å². The summed E-state index contributed by atoms with van der Waals surface area (Å²) < 4.78 is 22.4. The van der Waals surface area contributed by atoms with Gasteiger partial charge in [-0.05, 0) is 49.4 Å². The van der Waals surface area contributed by atoms with E-state index in [-0.39, 0.29) is 30.3 Å². The molecule has 4 rings (SSSR count). The Morgan fingerprint density at radius 2 is 1.86 bits per heavy atom. The van der Waals surface area contributed by atoms with Gasteiger partial charge in [0.25, 0.3) is 0 Å². The average molecular weight is 490 g/mol. The third-order valence-electron chi connectivity index (χ3n) is 7.40. The first kappa shape index (κ1) is 25.6. The maximum Gasteiger partial charge on any atom is 0.407 e. The van der Waals surface area contributed by atoms with E-state index in [1.165, 1.54) is 0 Å². The van der Waals surface area contributed by atoms with Gasteiger partial charge in [0.05, 0.1) is 20.3 Å². The molecule has 9 nitrogen and oxygen atoms in total. The molecule has 2 aliphatic heterocycles. The summed E-state index contributed by atoms with van der Waals surface area (Å²) in [5.41, 5.74) is 0.802. The van der Waals surface area contributed by atoms with Crippen LogP contribution in [0.15, 0.2) is 24.3 Å². The van der Waals surface area contributed by atoms with E-state index in [9.17, 15) is 9.59 Å². The van der Waals surface area contributed by atoms with Gasteiger partial charge in [0.15, 0.2) is 6.29 Å². The number of ether oxygens (including phenoxy) is 4. The number of hydrogen-bond donors (Lipinski definition) is 1. The van der Waals surface area contributed by atoms with Crippen LogP contribution in [0.3, 0.4) is 0 Å². The minimum absolute atomic E-state index is 0.0626. The molecule has 35 heavy (non-hydrogen) atoms. The summed E-state index contributed by atoms with van der Waals surface area (Å²) in [6, 6.07) is 7.36. The summed E-state index contributed by atoms with van der Waals surface area (Å²) in [7, 11) is 3.40. The van der Waals surface area contributed by atoms with E-state index in [0.29, 0.717) is 51.1 Å². The van der Waals surface area contributed by atoms with Gasteiger partial charge in [-0.1, -0.05) is 13.8 Å². The van der Waals surface area contributed by atoms with Crippen molar-refractivity contribution in [2.24, 2.45) is 23.7 Å². The first-order chi connectivity index (χ1) is 16.9. The van der Waals surface area contributed by atoms with Crippen molar-refractivity contribution in [2.75, 3.05) is 51.9 Å². The highest BCUT2D eigenvalue weighted by atomic mass is 16.7. The monoisotopic (exact) mass is 489 g/mol. The molecule has 1 N–H and O–H groups in total. The minimum Gasteiger partial charge on any atom is -0.497 e. The van der Waals surface area contributed by atoms with E-state index in [1.54, 1.807) is 19.1 Å². The maximum atomic E-state index is 13.2. The molecule has 0 radical (unpaired) electrons. The molecular weight excluding hydrogens is 450 g/mol. The number of urea groups is 1. The van der Waals surface area contributed by atoms with Gasteiger partial charge in [-0.25, -0.2) is 9.59 Å². The molecule has 3 amide bonds. The van der Waals surface area contributed by atoms with Crippen molar-refractivity contribution in [3.8, 4) is 5.75 Å². The van der Waals surface area contributed by atoms with Crippen LogP contribution in [0.25, 0.3) is 0 Å². The molecule has 1 aromatic carbocycles. The molecule has 194 valence electrons. The number of alkyl carbamates (subject to hydrolysis) is 1. The first-order valence-electron chi connectivity index (χ1n) is 12.7. The number of carbonyl (C=O) groups excluding carboxylic acids is 2. The Bertz CT molecular complexity index is 863. The first-order valence-corrected chi connectivity index (χ1v) is 12.7. The predicted octanol–water partition coefficient (Wildman–Crippen LogP) is 3.72. The van der Waals surface area contributed by atoms with Crippen LogP contribution < -0.4 is 15.0 Å². The van der Waals surface area contributed by atoms with Gasteiger partial charge < -0.3 is 29.2 Å². The Hall–Kier alpha value is -2.52. The maximum absolute atomic E-state index is 13.2. The second-order valence-corrected chi connectivity index (χ2v) is 10.2. The number of hydrogen-bond acceptors (Lipinski definition) is 6. The molecule has 9 heteroatoms. The summed E-state index contributed by atoms with van der Waals surface area (Å²) in [6.07, 6.45) is 1.88. The van der Waals surface area contributed by atoms with Crippen LogP contribution in [0.1, 0.15) is 33.1 Å². The summed E-state index contributed by atoms with van der Waals surface area (Å²) in [5.74, 6) is 2.07. The molecule has 3 fully saturated rings. The zero-order valence-electron chi connectivity index (χ0n) is 21.3. The van der Waals surface area contributed by atoms with E-state index >= 15 is 0 Å². The molecule has 3 aliphatic rings. The van der Waals surface area contributed by atoms with Gasteiger partial charge in [-0.3, -0.25) is 4.90 Å². The number of methoxy groups -OCH3 is 1. The second-order valence-electron chi connectivity index (χ2n) is 10.2. The molecule has 1 aliphatic carbocycles. The third kappa shape index (κ3) is 6.01. The van der Waals surface area contributed by atoms with Crippen molar-refractivity contribution < 1.29 is 28.5 Å². The fraction of sp³-hybridized carbons (Fsp3) is 0.692. The fourth-order valence-electron chi connectivity index (χ4n) is 5.32. The normalized spacial score (nSPS) is 26.5. The summed E-state index contributed by atoms with van der Waals surface area (Å²) >= 11 is 0. The summed E-state index contributed by atoms with van der Waals surface area (Å²) in [5, 5.41) is 2.87. The molecular formula is C26H39N3O6. The predicted molar refractivity (Wildman–Crippen MR) is 131 cm³/mol. The highest BCUT2D eigenvalue weighted by Crippen LogP contribution is 2.49. The number of carbonyl (C=O) groups is 2. The molecule has 5 atom stereocenters. The number of fused-ring (bicyclic) bond motifs is 1. The van der Waals surface area contributed by atoms with Crippen LogP contribution >= 0.6 is 0 Å². The summed E-state index contributed by atoms with van der Waals surface area (Å²) in [4.78, 5) is 29.2. The molecule has 5 unspecified atom stereocenters. The van der Waals surface area contributed by atoms with Crippen molar-refractivity contribution in [1.82, 2.24) is 10.2 Å². The van der Waals surface area contributed by atoms with Crippen LogP contribution in [-0.4, -0.2) is 76.4 Å².